The van der Waals surface area contributed by atoms with Gasteiger partial charge in [-0.15, -0.1) is 11.3 Å². The molecular formula is C33H39N3O5S. The molecule has 42 heavy (non-hydrogen) atoms. The van der Waals surface area contributed by atoms with Gasteiger partial charge in [-0.05, 0) is 59.0 Å². The van der Waals surface area contributed by atoms with Crippen LogP contribution < -0.4 is 16.1 Å². The van der Waals surface area contributed by atoms with Gasteiger partial charge in [0.25, 0.3) is 5.91 Å². The Morgan fingerprint density at radius 3 is 2.19 bits per heavy atom. The maximum absolute atomic E-state index is 12.5. The van der Waals surface area contributed by atoms with Gasteiger partial charge >= 0.3 is 5.97 Å². The highest BCUT2D eigenvalue weighted by Gasteiger charge is 2.17. The Morgan fingerprint density at radius 1 is 0.833 bits per heavy atom. The van der Waals surface area contributed by atoms with E-state index in [0.717, 1.165) is 32.3 Å². The van der Waals surface area contributed by atoms with Gasteiger partial charge in [0.15, 0.2) is 6.29 Å². The van der Waals surface area contributed by atoms with Crippen LogP contribution in [0.1, 0.15) is 52.7 Å². The number of hydrogen-bond acceptors (Lipinski definition) is 7. The summed E-state index contributed by atoms with van der Waals surface area (Å²) in [6, 6.07) is 25.2. The van der Waals surface area contributed by atoms with Gasteiger partial charge in [-0.25, -0.2) is 10.3 Å². The van der Waals surface area contributed by atoms with E-state index in [1.807, 2.05) is 54.6 Å². The molecule has 0 aliphatic rings. The highest BCUT2D eigenvalue weighted by Crippen LogP contribution is 2.27. The summed E-state index contributed by atoms with van der Waals surface area (Å²) in [5, 5.41) is 17.3. The highest BCUT2D eigenvalue weighted by molar-refractivity contribution is 7.20. The SMILES string of the molecule is CC(C)CO[C@H](C)ONC(=O)c1cc2ccc(CNCc3ccc(CNC(Cc4ccccc4)C(=O)O)cc3)cc2s1. The second-order valence-electron chi connectivity index (χ2n) is 10.7. The maximum Gasteiger partial charge on any atom is 0.321 e. The molecule has 4 aromatic rings. The molecule has 8 nitrogen and oxygen atoms in total. The molecule has 4 rings (SSSR count). The Bertz CT molecular complexity index is 1440. The number of hydroxylamine groups is 1. The van der Waals surface area contributed by atoms with Gasteiger partial charge in [-0.2, -0.15) is 0 Å². The van der Waals surface area contributed by atoms with Crippen molar-refractivity contribution in [2.45, 2.75) is 59.2 Å². The molecular weight excluding hydrogens is 550 g/mol. The fourth-order valence-corrected chi connectivity index (χ4v) is 5.32. The van der Waals surface area contributed by atoms with Gasteiger partial charge < -0.3 is 20.5 Å². The molecule has 3 aromatic carbocycles. The molecule has 0 aliphatic carbocycles. The first-order valence-corrected chi connectivity index (χ1v) is 15.0. The fraction of sp³-hybridized carbons (Fsp3) is 0.333. The van der Waals surface area contributed by atoms with E-state index in [9.17, 15) is 14.7 Å². The molecule has 1 unspecified atom stereocenters. The maximum atomic E-state index is 12.5. The van der Waals surface area contributed by atoms with Crippen LogP contribution in [0.2, 0.25) is 0 Å². The van der Waals surface area contributed by atoms with Crippen molar-refractivity contribution in [2.24, 2.45) is 5.92 Å². The lowest BCUT2D eigenvalue weighted by molar-refractivity contribution is -0.163. The molecule has 1 heterocycles. The molecule has 0 aliphatic heterocycles. The van der Waals surface area contributed by atoms with Crippen molar-refractivity contribution >= 4 is 33.3 Å². The summed E-state index contributed by atoms with van der Waals surface area (Å²) in [5.74, 6) is -0.757. The number of benzene rings is 3. The Morgan fingerprint density at radius 2 is 1.50 bits per heavy atom. The van der Waals surface area contributed by atoms with Crippen LogP contribution in [0.3, 0.4) is 0 Å². The van der Waals surface area contributed by atoms with Crippen LogP contribution in [0.4, 0.5) is 0 Å². The van der Waals surface area contributed by atoms with Crippen molar-refractivity contribution < 1.29 is 24.3 Å². The first kappa shape index (κ1) is 31.3. The molecule has 2 atom stereocenters. The summed E-state index contributed by atoms with van der Waals surface area (Å²) in [4.78, 5) is 30.2. The first-order valence-electron chi connectivity index (χ1n) is 14.2. The molecule has 0 saturated heterocycles. The van der Waals surface area contributed by atoms with E-state index < -0.39 is 18.3 Å². The molecule has 0 radical (unpaired) electrons. The lowest BCUT2D eigenvalue weighted by Crippen LogP contribution is -2.38. The quantitative estimate of drug-likeness (QED) is 0.0987. The molecule has 0 bridgehead atoms. The predicted octanol–water partition coefficient (Wildman–Crippen LogP) is 5.66. The summed E-state index contributed by atoms with van der Waals surface area (Å²) in [6.07, 6.45) is -0.0865. The number of carbonyl (C=O) groups excluding carboxylic acids is 1. The predicted molar refractivity (Wildman–Crippen MR) is 166 cm³/mol. The number of carbonyl (C=O) groups is 2. The minimum Gasteiger partial charge on any atom is -0.480 e. The van der Waals surface area contributed by atoms with Crippen molar-refractivity contribution in [3.8, 4) is 0 Å². The third-order valence-corrected chi connectivity index (χ3v) is 7.70. The number of hydrogen-bond donors (Lipinski definition) is 4. The number of fused-ring (bicyclic) bond motifs is 1. The normalized spacial score (nSPS) is 12.9. The van der Waals surface area contributed by atoms with Gasteiger partial charge in [0.1, 0.15) is 6.04 Å². The van der Waals surface area contributed by atoms with Crippen molar-refractivity contribution in [1.29, 1.82) is 0 Å². The summed E-state index contributed by atoms with van der Waals surface area (Å²) in [6.45, 7) is 8.29. The fourth-order valence-electron chi connectivity index (χ4n) is 4.31. The molecule has 222 valence electrons. The third-order valence-electron chi connectivity index (χ3n) is 6.60. The molecule has 1 aromatic heterocycles. The standard InChI is InChI=1S/C33H39N3O5S/c1-22(2)21-40-23(3)41-36-32(37)31-17-28-14-13-27(16-30(28)42-31)19-34-18-25-9-11-26(12-10-25)20-35-29(33(38)39)15-24-7-5-4-6-8-24/h4-14,16-17,22-23,29,34-35H,15,18-21H2,1-3H3,(H,36,37)(H,38,39)/t23-,29?/m0/s1. The van der Waals surface area contributed by atoms with Crippen molar-refractivity contribution in [1.82, 2.24) is 16.1 Å². The van der Waals surface area contributed by atoms with Gasteiger partial charge in [-0.3, -0.25) is 9.59 Å². The Balaban J connectivity index is 1.22. The van der Waals surface area contributed by atoms with E-state index in [2.05, 4.69) is 54.2 Å². The topological polar surface area (TPSA) is 109 Å². The lowest BCUT2D eigenvalue weighted by atomic mass is 10.1. The van der Waals surface area contributed by atoms with E-state index in [4.69, 9.17) is 9.57 Å². The summed E-state index contributed by atoms with van der Waals surface area (Å²) in [7, 11) is 0. The van der Waals surface area contributed by atoms with Crippen molar-refractivity contribution in [2.75, 3.05) is 6.61 Å². The van der Waals surface area contributed by atoms with E-state index >= 15 is 0 Å². The zero-order chi connectivity index (χ0) is 29.9. The second-order valence-corrected chi connectivity index (χ2v) is 11.8. The second kappa shape index (κ2) is 15.6. The molecule has 0 spiro atoms. The van der Waals surface area contributed by atoms with Crippen LogP contribution >= 0.6 is 11.3 Å². The van der Waals surface area contributed by atoms with Crippen LogP contribution in [0.5, 0.6) is 0 Å². The Hall–Kier alpha value is -3.60. The Labute approximate surface area is 251 Å². The summed E-state index contributed by atoms with van der Waals surface area (Å²) >= 11 is 1.43. The van der Waals surface area contributed by atoms with E-state index in [0.29, 0.717) is 43.5 Å². The summed E-state index contributed by atoms with van der Waals surface area (Å²) in [5.41, 5.74) is 6.78. The highest BCUT2D eigenvalue weighted by atomic mass is 32.1. The van der Waals surface area contributed by atoms with E-state index in [1.54, 1.807) is 6.92 Å². The van der Waals surface area contributed by atoms with E-state index in [-0.39, 0.29) is 5.91 Å². The average Bonchev–Trinajstić information content (AvgIpc) is 3.42. The molecule has 9 heteroatoms. The zero-order valence-corrected chi connectivity index (χ0v) is 25.1. The molecule has 4 N–H and O–H groups in total. The van der Waals surface area contributed by atoms with Gasteiger partial charge in [-0.1, -0.05) is 80.6 Å². The molecule has 0 fully saturated rings. The average molecular weight is 590 g/mol. The van der Waals surface area contributed by atoms with Crippen LogP contribution in [0.15, 0.2) is 78.9 Å². The molecule has 1 amide bonds. The zero-order valence-electron chi connectivity index (χ0n) is 24.3. The van der Waals surface area contributed by atoms with Crippen LogP contribution in [0, 0.1) is 5.92 Å². The number of carboxylic acid groups (broad SMARTS) is 1. The number of aliphatic carboxylic acids is 1. The van der Waals surface area contributed by atoms with Gasteiger partial charge in [0.2, 0.25) is 0 Å². The van der Waals surface area contributed by atoms with Crippen molar-refractivity contribution in [3.05, 3.63) is 106 Å². The van der Waals surface area contributed by atoms with Gasteiger partial charge in [0, 0.05) is 24.3 Å². The molecule has 0 saturated carbocycles. The monoisotopic (exact) mass is 589 g/mol. The van der Waals surface area contributed by atoms with E-state index in [1.165, 1.54) is 11.3 Å². The number of rotatable bonds is 16. The van der Waals surface area contributed by atoms with Gasteiger partial charge in [0.05, 0.1) is 11.5 Å². The van der Waals surface area contributed by atoms with Crippen LogP contribution in [0.25, 0.3) is 10.1 Å². The summed E-state index contributed by atoms with van der Waals surface area (Å²) < 4.78 is 6.56. The lowest BCUT2D eigenvalue weighted by Gasteiger charge is -2.15. The largest absolute Gasteiger partial charge is 0.480 e. The minimum absolute atomic E-state index is 0.288. The van der Waals surface area contributed by atoms with Crippen LogP contribution in [-0.4, -0.2) is 35.9 Å². The van der Waals surface area contributed by atoms with Crippen LogP contribution in [-0.2, 0) is 40.4 Å². The number of ether oxygens (including phenoxy) is 1. The van der Waals surface area contributed by atoms with Crippen molar-refractivity contribution in [3.63, 3.8) is 0 Å². The minimum atomic E-state index is -0.855. The number of thiophene rings is 1. The first-order chi connectivity index (χ1) is 20.3. The Kier molecular flexibility index (Phi) is 11.6. The number of amides is 1. The third kappa shape index (κ3) is 9.75. The smallest absolute Gasteiger partial charge is 0.321 e. The number of nitrogens with one attached hydrogen (secondary N) is 3. The number of carboxylic acids is 1.